The van der Waals surface area contributed by atoms with E-state index in [0.717, 1.165) is 32.6 Å². The molecule has 5 heteroatoms. The van der Waals surface area contributed by atoms with Gasteiger partial charge in [0.1, 0.15) is 0 Å². The predicted molar refractivity (Wildman–Crippen MR) is 77.3 cm³/mol. The Hall–Kier alpha value is -1.36. The van der Waals surface area contributed by atoms with Gasteiger partial charge in [0.2, 0.25) is 5.91 Å². The number of amides is 1. The number of aromatic nitrogens is 2. The van der Waals surface area contributed by atoms with E-state index >= 15 is 0 Å². The highest BCUT2D eigenvalue weighted by Crippen LogP contribution is 2.40. The van der Waals surface area contributed by atoms with Gasteiger partial charge in [-0.15, -0.1) is 0 Å². The van der Waals surface area contributed by atoms with Crippen molar-refractivity contribution >= 4 is 5.91 Å². The lowest BCUT2D eigenvalue weighted by Gasteiger charge is -2.41. The molecular formula is C15H25N3O2. The first-order valence-corrected chi connectivity index (χ1v) is 7.49. The summed E-state index contributed by atoms with van der Waals surface area (Å²) in [7, 11) is 0. The number of ether oxygens (including phenoxy) is 1. The fraction of sp³-hybridized carbons (Fsp3) is 0.733. The summed E-state index contributed by atoms with van der Waals surface area (Å²) in [6.07, 6.45) is 7.64. The molecule has 1 aliphatic rings. The van der Waals surface area contributed by atoms with Gasteiger partial charge in [0.05, 0.1) is 12.6 Å². The lowest BCUT2D eigenvalue weighted by molar-refractivity contribution is -0.123. The van der Waals surface area contributed by atoms with Crippen LogP contribution in [0.2, 0.25) is 0 Å². The predicted octanol–water partition coefficient (Wildman–Crippen LogP) is 2.16. The maximum atomic E-state index is 12.0. The van der Waals surface area contributed by atoms with Crippen molar-refractivity contribution in [1.82, 2.24) is 15.1 Å². The van der Waals surface area contributed by atoms with Crippen LogP contribution in [0.4, 0.5) is 0 Å². The molecule has 0 spiro atoms. The van der Waals surface area contributed by atoms with Gasteiger partial charge in [0.25, 0.3) is 0 Å². The lowest BCUT2D eigenvalue weighted by atomic mass is 9.69. The molecule has 112 valence electrons. The molecular weight excluding hydrogens is 254 g/mol. The van der Waals surface area contributed by atoms with Gasteiger partial charge in [-0.3, -0.25) is 9.48 Å². The minimum Gasteiger partial charge on any atom is -0.381 e. The van der Waals surface area contributed by atoms with E-state index < -0.39 is 0 Å². The molecule has 20 heavy (non-hydrogen) atoms. The van der Waals surface area contributed by atoms with E-state index in [-0.39, 0.29) is 17.4 Å². The van der Waals surface area contributed by atoms with Gasteiger partial charge in [-0.25, -0.2) is 0 Å². The molecule has 1 aliphatic carbocycles. The SMILES string of the molecule is CCOCC1(CNC(=O)C[C@H](C)n2cccn2)CCC1. The van der Waals surface area contributed by atoms with Gasteiger partial charge in [0, 0.05) is 37.4 Å². The first kappa shape index (κ1) is 15.0. The summed E-state index contributed by atoms with van der Waals surface area (Å²) in [5, 5.41) is 7.23. The number of nitrogens with one attached hydrogen (secondary N) is 1. The second kappa shape index (κ2) is 6.88. The molecule has 0 saturated heterocycles. The zero-order valence-electron chi connectivity index (χ0n) is 12.5. The summed E-state index contributed by atoms with van der Waals surface area (Å²) in [6, 6.07) is 1.97. The third-order valence-corrected chi connectivity index (χ3v) is 4.14. The Labute approximate surface area is 120 Å². The van der Waals surface area contributed by atoms with Crippen LogP contribution in [0.25, 0.3) is 0 Å². The first-order valence-electron chi connectivity index (χ1n) is 7.49. The molecule has 1 atom stereocenters. The molecule has 0 aromatic carbocycles. The van der Waals surface area contributed by atoms with E-state index in [0.29, 0.717) is 6.42 Å². The molecule has 1 N–H and O–H groups in total. The van der Waals surface area contributed by atoms with Crippen LogP contribution in [-0.4, -0.2) is 35.4 Å². The Bertz CT molecular complexity index is 413. The zero-order chi connectivity index (χ0) is 14.4. The zero-order valence-corrected chi connectivity index (χ0v) is 12.5. The van der Waals surface area contributed by atoms with E-state index in [9.17, 15) is 4.79 Å². The van der Waals surface area contributed by atoms with Gasteiger partial charge in [-0.1, -0.05) is 6.42 Å². The number of rotatable bonds is 8. The maximum absolute atomic E-state index is 12.0. The molecule has 1 fully saturated rings. The van der Waals surface area contributed by atoms with Gasteiger partial charge in [-0.2, -0.15) is 5.10 Å². The number of hydrogen-bond donors (Lipinski definition) is 1. The second-order valence-corrected chi connectivity index (χ2v) is 5.81. The minimum absolute atomic E-state index is 0.0919. The molecule has 0 radical (unpaired) electrons. The quantitative estimate of drug-likeness (QED) is 0.793. The topological polar surface area (TPSA) is 56.1 Å². The van der Waals surface area contributed by atoms with E-state index in [2.05, 4.69) is 10.4 Å². The molecule has 2 rings (SSSR count). The summed E-state index contributed by atoms with van der Waals surface area (Å²) >= 11 is 0. The van der Waals surface area contributed by atoms with E-state index in [1.165, 1.54) is 6.42 Å². The van der Waals surface area contributed by atoms with Crippen LogP contribution < -0.4 is 5.32 Å². The van der Waals surface area contributed by atoms with Crippen molar-refractivity contribution in [3.8, 4) is 0 Å². The van der Waals surface area contributed by atoms with Crippen LogP contribution in [0.3, 0.4) is 0 Å². The van der Waals surface area contributed by atoms with Crippen molar-refractivity contribution in [2.45, 2.75) is 45.6 Å². The highest BCUT2D eigenvalue weighted by molar-refractivity contribution is 5.76. The fourth-order valence-corrected chi connectivity index (χ4v) is 2.63. The molecule has 1 heterocycles. The van der Waals surface area contributed by atoms with Crippen molar-refractivity contribution in [1.29, 1.82) is 0 Å². The maximum Gasteiger partial charge on any atom is 0.222 e. The third kappa shape index (κ3) is 3.82. The Kier molecular flexibility index (Phi) is 5.17. The Morgan fingerprint density at radius 3 is 2.90 bits per heavy atom. The van der Waals surface area contributed by atoms with Crippen molar-refractivity contribution in [2.75, 3.05) is 19.8 Å². The largest absolute Gasteiger partial charge is 0.381 e. The third-order valence-electron chi connectivity index (χ3n) is 4.14. The van der Waals surface area contributed by atoms with Crippen molar-refractivity contribution in [3.05, 3.63) is 18.5 Å². The highest BCUT2D eigenvalue weighted by Gasteiger charge is 2.37. The van der Waals surface area contributed by atoms with Crippen LogP contribution >= 0.6 is 0 Å². The van der Waals surface area contributed by atoms with Crippen molar-refractivity contribution in [2.24, 2.45) is 5.41 Å². The summed E-state index contributed by atoms with van der Waals surface area (Å²) in [6.45, 7) is 6.25. The summed E-state index contributed by atoms with van der Waals surface area (Å²) in [4.78, 5) is 12.0. The van der Waals surface area contributed by atoms with Crippen LogP contribution in [0.5, 0.6) is 0 Å². The Morgan fingerprint density at radius 2 is 2.35 bits per heavy atom. The van der Waals surface area contributed by atoms with Crippen LogP contribution in [0.1, 0.15) is 45.6 Å². The number of hydrogen-bond acceptors (Lipinski definition) is 3. The van der Waals surface area contributed by atoms with Gasteiger partial charge in [0.15, 0.2) is 0 Å². The second-order valence-electron chi connectivity index (χ2n) is 5.81. The molecule has 1 amide bonds. The van der Waals surface area contributed by atoms with E-state index in [4.69, 9.17) is 4.74 Å². The number of nitrogens with zero attached hydrogens (tertiary/aromatic N) is 2. The number of carbonyl (C=O) groups excluding carboxylic acids is 1. The standard InChI is InChI=1S/C15H25N3O2/c1-3-20-12-15(6-4-7-15)11-16-14(19)10-13(2)18-9-5-8-17-18/h5,8-9,13H,3-4,6-7,10-12H2,1-2H3,(H,16,19)/t13-/m0/s1. The molecule has 0 aliphatic heterocycles. The fourth-order valence-electron chi connectivity index (χ4n) is 2.63. The Morgan fingerprint density at radius 1 is 1.55 bits per heavy atom. The summed E-state index contributed by atoms with van der Waals surface area (Å²) in [5.41, 5.74) is 0.181. The van der Waals surface area contributed by atoms with Crippen LogP contribution in [0, 0.1) is 5.41 Å². The molecule has 0 unspecified atom stereocenters. The average molecular weight is 279 g/mol. The van der Waals surface area contributed by atoms with Crippen LogP contribution in [0.15, 0.2) is 18.5 Å². The van der Waals surface area contributed by atoms with E-state index in [1.54, 1.807) is 6.20 Å². The summed E-state index contributed by atoms with van der Waals surface area (Å²) in [5.74, 6) is 0.0933. The first-order chi connectivity index (χ1) is 9.65. The lowest BCUT2D eigenvalue weighted by Crippen LogP contribution is -2.45. The Balaban J connectivity index is 1.74. The van der Waals surface area contributed by atoms with Gasteiger partial charge >= 0.3 is 0 Å². The molecule has 1 saturated carbocycles. The summed E-state index contributed by atoms with van der Waals surface area (Å²) < 4.78 is 7.37. The monoisotopic (exact) mass is 279 g/mol. The molecule has 0 bridgehead atoms. The average Bonchev–Trinajstić information content (AvgIpc) is 2.91. The normalized spacial score (nSPS) is 18.3. The smallest absolute Gasteiger partial charge is 0.222 e. The van der Waals surface area contributed by atoms with Crippen molar-refractivity contribution in [3.63, 3.8) is 0 Å². The minimum atomic E-state index is 0.0919. The highest BCUT2D eigenvalue weighted by atomic mass is 16.5. The van der Waals surface area contributed by atoms with Gasteiger partial charge < -0.3 is 10.1 Å². The van der Waals surface area contributed by atoms with Crippen molar-refractivity contribution < 1.29 is 9.53 Å². The number of carbonyl (C=O) groups is 1. The van der Waals surface area contributed by atoms with E-state index in [1.807, 2.05) is 30.8 Å². The van der Waals surface area contributed by atoms with Gasteiger partial charge in [-0.05, 0) is 32.8 Å². The molecule has 1 aromatic rings. The molecule has 1 aromatic heterocycles. The van der Waals surface area contributed by atoms with Crippen LogP contribution in [-0.2, 0) is 9.53 Å². The molecule has 5 nitrogen and oxygen atoms in total.